The van der Waals surface area contributed by atoms with Gasteiger partial charge in [-0.05, 0) is 44.4 Å². The van der Waals surface area contributed by atoms with Gasteiger partial charge in [0.15, 0.2) is 6.10 Å². The van der Waals surface area contributed by atoms with Crippen molar-refractivity contribution in [3.05, 3.63) is 48.6 Å². The number of aliphatic hydroxyl groups excluding tert-OH is 1. The number of carbonyl (C=O) groups is 2. The van der Waals surface area contributed by atoms with Crippen molar-refractivity contribution in [3.63, 3.8) is 0 Å². The van der Waals surface area contributed by atoms with Gasteiger partial charge in [0.1, 0.15) is 6.61 Å². The van der Waals surface area contributed by atoms with Crippen LogP contribution in [-0.4, -0.2) is 52.3 Å². The Bertz CT molecular complexity index is 920. The third kappa shape index (κ3) is 33.3. The van der Waals surface area contributed by atoms with Gasteiger partial charge < -0.3 is 24.4 Å². The highest BCUT2D eigenvalue weighted by Crippen LogP contribution is 2.35. The topological polar surface area (TPSA) is 140 Å². The van der Waals surface area contributed by atoms with Crippen LogP contribution in [0.25, 0.3) is 0 Å². The van der Waals surface area contributed by atoms with E-state index in [2.05, 4.69) is 37.4 Å². The highest BCUT2D eigenvalue weighted by atomic mass is 31.2. The maximum atomic E-state index is 12.3. The molecule has 0 rings (SSSR count). The Morgan fingerprint density at radius 1 is 0.717 bits per heavy atom. The van der Waals surface area contributed by atoms with E-state index in [1.165, 1.54) is 25.7 Å². The number of carbonyl (C=O) groups excluding carboxylic acids is 2. The molecule has 0 radical (unpaired) electrons. The minimum Gasteiger partial charge on any atom is -0.462 e. The van der Waals surface area contributed by atoms with E-state index in [0.717, 1.165) is 63.7 Å². The van der Waals surface area contributed by atoms with Gasteiger partial charge in [-0.15, -0.1) is 0 Å². The number of phosphoric acid groups is 1. The Hall–Kier alpha value is -2.03. The van der Waals surface area contributed by atoms with E-state index in [1.54, 1.807) is 0 Å². The normalized spacial score (nSPS) is 13.9. The number of unbranched alkanes of at least 4 members (excludes halogenated alkanes) is 9. The molecule has 2 atom stereocenters. The molecule has 0 aliphatic carbocycles. The van der Waals surface area contributed by atoms with E-state index < -0.39 is 32.5 Å². The van der Waals surface area contributed by atoms with Crippen LogP contribution in [0.4, 0.5) is 0 Å². The predicted octanol–water partition coefficient (Wildman–Crippen LogP) is 8.83. The highest BCUT2D eigenvalue weighted by molar-refractivity contribution is 7.46. The minimum atomic E-state index is -4.77. The van der Waals surface area contributed by atoms with E-state index in [1.807, 2.05) is 36.5 Å². The van der Waals surface area contributed by atoms with Crippen molar-refractivity contribution >= 4 is 19.8 Å². The summed E-state index contributed by atoms with van der Waals surface area (Å²) in [4.78, 5) is 42.5. The molecule has 0 aromatic carbocycles. The number of hydrogen-bond donors (Lipinski definition) is 3. The van der Waals surface area contributed by atoms with Gasteiger partial charge in [0.2, 0.25) is 0 Å². The molecule has 0 aliphatic rings. The van der Waals surface area contributed by atoms with Gasteiger partial charge in [0.05, 0.1) is 12.7 Å². The van der Waals surface area contributed by atoms with Crippen LogP contribution in [-0.2, 0) is 28.2 Å². The van der Waals surface area contributed by atoms with Gasteiger partial charge in [0, 0.05) is 12.8 Å². The van der Waals surface area contributed by atoms with Crippen LogP contribution < -0.4 is 0 Å². The van der Waals surface area contributed by atoms with Crippen molar-refractivity contribution < 1.29 is 43.0 Å². The van der Waals surface area contributed by atoms with Crippen molar-refractivity contribution in [1.82, 2.24) is 0 Å². The number of esters is 2. The van der Waals surface area contributed by atoms with Crippen molar-refractivity contribution in [2.24, 2.45) is 5.92 Å². The molecule has 0 fully saturated rings. The number of rotatable bonds is 30. The lowest BCUT2D eigenvalue weighted by Gasteiger charge is -2.18. The largest absolute Gasteiger partial charge is 0.469 e. The summed E-state index contributed by atoms with van der Waals surface area (Å²) in [7, 11) is -4.77. The molecule has 0 spiro atoms. The third-order valence-electron chi connectivity index (χ3n) is 7.13. The SMILES string of the molecule is CCCCC[C@H](O)/C=C/C=C\C/C=C\C/C=C\CCCC(=O)O[C@H](COC(=O)CCCCCCCCCC(C)C)COP(=O)(O)O. The zero-order valence-electron chi connectivity index (χ0n) is 28.7. The Labute approximate surface area is 278 Å². The number of aliphatic hydroxyl groups is 1. The van der Waals surface area contributed by atoms with Crippen LogP contribution in [0.5, 0.6) is 0 Å². The van der Waals surface area contributed by atoms with Crippen LogP contribution in [0.3, 0.4) is 0 Å². The average Bonchev–Trinajstić information content (AvgIpc) is 2.99. The van der Waals surface area contributed by atoms with Crippen molar-refractivity contribution in [2.75, 3.05) is 13.2 Å². The lowest BCUT2D eigenvalue weighted by atomic mass is 10.0. The first-order chi connectivity index (χ1) is 22.0. The molecule has 0 saturated carbocycles. The first kappa shape index (κ1) is 44.0. The fraction of sp³-hybridized carbons (Fsp3) is 0.722. The second-order valence-electron chi connectivity index (χ2n) is 12.2. The van der Waals surface area contributed by atoms with Crippen molar-refractivity contribution in [3.8, 4) is 0 Å². The van der Waals surface area contributed by atoms with E-state index in [9.17, 15) is 19.3 Å². The molecule has 46 heavy (non-hydrogen) atoms. The molecule has 0 aromatic heterocycles. The van der Waals surface area contributed by atoms with Crippen LogP contribution >= 0.6 is 7.82 Å². The van der Waals surface area contributed by atoms with Crippen LogP contribution in [0.2, 0.25) is 0 Å². The molecular weight excluding hydrogens is 607 g/mol. The standard InChI is InChI=1S/C36H63O9P/c1-4-5-20-26-33(37)27-22-17-13-9-7-6-8-10-14-19-24-29-36(39)45-34(31-44-46(40,41)42)30-43-35(38)28-23-18-15-11-12-16-21-25-32(2)3/h6-7,10,13-14,17,22,27,32-34,37H,4-5,8-9,11-12,15-16,18-21,23-26,28-31H2,1-3H3,(H2,40,41,42)/b7-6-,14-10-,17-13-,27-22+/t33-,34+/m0/s1. The predicted molar refractivity (Wildman–Crippen MR) is 185 cm³/mol. The van der Waals surface area contributed by atoms with Crippen LogP contribution in [0, 0.1) is 5.92 Å². The third-order valence-corrected chi connectivity index (χ3v) is 7.62. The van der Waals surface area contributed by atoms with Crippen molar-refractivity contribution in [2.45, 2.75) is 149 Å². The Kier molecular flexibility index (Phi) is 29.0. The summed E-state index contributed by atoms with van der Waals surface area (Å²) < 4.78 is 26.1. The molecule has 9 nitrogen and oxygen atoms in total. The number of phosphoric ester groups is 1. The molecule has 10 heteroatoms. The average molecular weight is 671 g/mol. The lowest BCUT2D eigenvalue weighted by Crippen LogP contribution is -2.29. The summed E-state index contributed by atoms with van der Waals surface area (Å²) in [5.74, 6) is -0.237. The molecule has 0 aromatic rings. The summed E-state index contributed by atoms with van der Waals surface area (Å²) in [6.07, 6.45) is 30.4. The summed E-state index contributed by atoms with van der Waals surface area (Å²) in [6.45, 7) is 5.73. The number of allylic oxidation sites excluding steroid dienone is 7. The molecule has 0 saturated heterocycles. The molecule has 0 heterocycles. The smallest absolute Gasteiger partial charge is 0.462 e. The number of hydrogen-bond acceptors (Lipinski definition) is 7. The summed E-state index contributed by atoms with van der Waals surface area (Å²) in [5, 5.41) is 9.85. The molecule has 0 unspecified atom stereocenters. The van der Waals surface area contributed by atoms with Gasteiger partial charge in [-0.25, -0.2) is 4.57 Å². The summed E-state index contributed by atoms with van der Waals surface area (Å²) >= 11 is 0. The van der Waals surface area contributed by atoms with Gasteiger partial charge in [-0.1, -0.05) is 134 Å². The summed E-state index contributed by atoms with van der Waals surface area (Å²) in [5.41, 5.74) is 0. The highest BCUT2D eigenvalue weighted by Gasteiger charge is 2.22. The maximum absolute atomic E-state index is 12.3. The van der Waals surface area contributed by atoms with E-state index in [0.29, 0.717) is 19.3 Å². The first-order valence-corrected chi connectivity index (χ1v) is 18.9. The molecule has 0 aliphatic heterocycles. The van der Waals surface area contributed by atoms with Crippen molar-refractivity contribution in [1.29, 1.82) is 0 Å². The second kappa shape index (κ2) is 30.3. The van der Waals surface area contributed by atoms with Crippen LogP contribution in [0.1, 0.15) is 136 Å². The molecule has 0 bridgehead atoms. The Morgan fingerprint density at radius 3 is 2.00 bits per heavy atom. The Morgan fingerprint density at radius 2 is 1.33 bits per heavy atom. The van der Waals surface area contributed by atoms with Gasteiger partial charge in [-0.2, -0.15) is 0 Å². The quantitative estimate of drug-likeness (QED) is 0.0225. The zero-order chi connectivity index (χ0) is 34.3. The minimum absolute atomic E-state index is 0.115. The van der Waals surface area contributed by atoms with Gasteiger partial charge in [0.25, 0.3) is 0 Å². The lowest BCUT2D eigenvalue weighted by molar-refractivity contribution is -0.161. The van der Waals surface area contributed by atoms with E-state index >= 15 is 0 Å². The fourth-order valence-corrected chi connectivity index (χ4v) is 4.84. The Balaban J connectivity index is 4.18. The molecule has 0 amide bonds. The number of ether oxygens (including phenoxy) is 2. The molecule has 3 N–H and O–H groups in total. The fourth-order valence-electron chi connectivity index (χ4n) is 4.48. The zero-order valence-corrected chi connectivity index (χ0v) is 29.6. The first-order valence-electron chi connectivity index (χ1n) is 17.4. The monoisotopic (exact) mass is 670 g/mol. The summed E-state index contributed by atoms with van der Waals surface area (Å²) in [6, 6.07) is 0. The molecule has 266 valence electrons. The van der Waals surface area contributed by atoms with E-state index in [4.69, 9.17) is 19.3 Å². The molecular formula is C36H63O9P. The maximum Gasteiger partial charge on any atom is 0.469 e. The van der Waals surface area contributed by atoms with E-state index in [-0.39, 0.29) is 25.6 Å². The van der Waals surface area contributed by atoms with Crippen LogP contribution in [0.15, 0.2) is 48.6 Å². The van der Waals surface area contributed by atoms with Gasteiger partial charge >= 0.3 is 19.8 Å². The van der Waals surface area contributed by atoms with Gasteiger partial charge in [-0.3, -0.25) is 14.1 Å². The second-order valence-corrected chi connectivity index (χ2v) is 13.4.